The molecule has 0 aliphatic heterocycles. The predicted molar refractivity (Wildman–Crippen MR) is 96.1 cm³/mol. The van der Waals surface area contributed by atoms with Gasteiger partial charge in [0.05, 0.1) is 0 Å². The Kier molecular flexibility index (Phi) is 6.30. The van der Waals surface area contributed by atoms with Crippen molar-refractivity contribution in [2.24, 2.45) is 0 Å². The summed E-state index contributed by atoms with van der Waals surface area (Å²) >= 11 is 3.15. The van der Waals surface area contributed by atoms with Crippen LogP contribution in [0.5, 0.6) is 0 Å². The highest BCUT2D eigenvalue weighted by molar-refractivity contribution is 9.10. The van der Waals surface area contributed by atoms with Gasteiger partial charge >= 0.3 is 5.97 Å². The molecule has 1 amide bonds. The minimum Gasteiger partial charge on any atom is -0.450 e. The monoisotopic (exact) mass is 405 g/mol. The Labute approximate surface area is 153 Å². The molecule has 0 aliphatic rings. The number of hydrogen-bond donors (Lipinski definition) is 1. The van der Waals surface area contributed by atoms with Gasteiger partial charge in [0, 0.05) is 17.3 Å². The predicted octanol–water partition coefficient (Wildman–Crippen LogP) is 3.83. The highest BCUT2D eigenvalue weighted by atomic mass is 79.9. The molecule has 6 nitrogen and oxygen atoms in total. The van der Waals surface area contributed by atoms with Crippen molar-refractivity contribution in [2.75, 3.05) is 5.32 Å². The standard InChI is InChI=1S/C18H16BrNO5/c1-11(21)13-3-5-14(6-4-13)20-18(23)12(2)24-17(22)10-8-15-7-9-16(19)25-15/h3-10,12H,1-2H3,(H,20,23). The van der Waals surface area contributed by atoms with E-state index in [1.54, 1.807) is 36.4 Å². The fraction of sp³-hybridized carbons (Fsp3) is 0.167. The van der Waals surface area contributed by atoms with Gasteiger partial charge in [-0.3, -0.25) is 9.59 Å². The van der Waals surface area contributed by atoms with Gasteiger partial charge in [0.25, 0.3) is 5.91 Å². The zero-order chi connectivity index (χ0) is 18.4. The maximum atomic E-state index is 12.0. The normalized spacial score (nSPS) is 12.0. The molecule has 0 spiro atoms. The molecule has 1 aromatic carbocycles. The van der Waals surface area contributed by atoms with Crippen LogP contribution in [0.15, 0.2) is 51.6 Å². The quantitative estimate of drug-likeness (QED) is 0.448. The highest BCUT2D eigenvalue weighted by Crippen LogP contribution is 2.15. The van der Waals surface area contributed by atoms with Crippen molar-refractivity contribution in [2.45, 2.75) is 20.0 Å². The second kappa shape index (κ2) is 8.43. The van der Waals surface area contributed by atoms with Crippen LogP contribution < -0.4 is 5.32 Å². The number of benzene rings is 1. The summed E-state index contributed by atoms with van der Waals surface area (Å²) in [4.78, 5) is 35.0. The van der Waals surface area contributed by atoms with Gasteiger partial charge in [-0.2, -0.15) is 0 Å². The number of furan rings is 1. The van der Waals surface area contributed by atoms with Crippen molar-refractivity contribution >= 4 is 45.4 Å². The van der Waals surface area contributed by atoms with Gasteiger partial charge in [-0.25, -0.2) is 4.79 Å². The highest BCUT2D eigenvalue weighted by Gasteiger charge is 2.16. The molecule has 1 N–H and O–H groups in total. The molecule has 1 aromatic heterocycles. The summed E-state index contributed by atoms with van der Waals surface area (Å²) in [6.45, 7) is 2.93. The summed E-state index contributed by atoms with van der Waals surface area (Å²) in [5, 5.41) is 2.61. The topological polar surface area (TPSA) is 85.6 Å². The lowest BCUT2D eigenvalue weighted by Gasteiger charge is -2.12. The summed E-state index contributed by atoms with van der Waals surface area (Å²) in [5.74, 6) is -0.720. The zero-order valence-corrected chi connectivity index (χ0v) is 15.2. The molecule has 0 bridgehead atoms. The van der Waals surface area contributed by atoms with Gasteiger partial charge < -0.3 is 14.5 Å². The van der Waals surface area contributed by atoms with Crippen molar-refractivity contribution in [1.82, 2.24) is 0 Å². The van der Waals surface area contributed by atoms with Gasteiger partial charge in [0.2, 0.25) is 0 Å². The number of nitrogens with one attached hydrogen (secondary N) is 1. The Morgan fingerprint density at radius 3 is 2.40 bits per heavy atom. The average Bonchev–Trinajstić information content (AvgIpc) is 2.99. The summed E-state index contributed by atoms with van der Waals surface area (Å²) < 4.78 is 10.8. The van der Waals surface area contributed by atoms with E-state index in [2.05, 4.69) is 21.2 Å². The molecule has 1 atom stereocenters. The fourth-order valence-electron chi connectivity index (χ4n) is 1.87. The Bertz CT molecular complexity index is 807. The molecule has 0 saturated carbocycles. The van der Waals surface area contributed by atoms with E-state index in [9.17, 15) is 14.4 Å². The molecular formula is C18H16BrNO5. The first-order valence-corrected chi connectivity index (χ1v) is 8.20. The molecule has 0 radical (unpaired) electrons. The summed E-state index contributed by atoms with van der Waals surface area (Å²) in [6.07, 6.45) is 1.64. The molecule has 25 heavy (non-hydrogen) atoms. The Morgan fingerprint density at radius 1 is 1.16 bits per heavy atom. The third kappa shape index (κ3) is 5.72. The van der Waals surface area contributed by atoms with Gasteiger partial charge in [0.15, 0.2) is 16.6 Å². The molecule has 0 fully saturated rings. The number of carbonyl (C=O) groups excluding carboxylic acids is 3. The summed E-state index contributed by atoms with van der Waals surface area (Å²) in [6, 6.07) is 9.81. The lowest BCUT2D eigenvalue weighted by Crippen LogP contribution is -2.29. The molecule has 7 heteroatoms. The van der Waals surface area contributed by atoms with Crippen LogP contribution in [0.1, 0.15) is 30.0 Å². The van der Waals surface area contributed by atoms with Crippen molar-refractivity contribution in [3.8, 4) is 0 Å². The SMILES string of the molecule is CC(=O)c1ccc(NC(=O)C(C)OC(=O)C=Cc2ccc(Br)o2)cc1. The van der Waals surface area contributed by atoms with Gasteiger partial charge in [-0.05, 0) is 72.3 Å². The van der Waals surface area contributed by atoms with E-state index in [0.717, 1.165) is 0 Å². The first kappa shape index (κ1) is 18.7. The Morgan fingerprint density at radius 2 is 1.84 bits per heavy atom. The molecule has 0 aliphatic carbocycles. The number of hydrogen-bond acceptors (Lipinski definition) is 5. The number of ketones is 1. The Balaban J connectivity index is 1.87. The minimum atomic E-state index is -0.979. The summed E-state index contributed by atoms with van der Waals surface area (Å²) in [7, 11) is 0. The molecule has 2 aromatic rings. The molecule has 2 rings (SSSR count). The van der Waals surface area contributed by atoms with Crippen LogP contribution in [0.4, 0.5) is 5.69 Å². The number of halogens is 1. The molecule has 0 saturated heterocycles. The molecular weight excluding hydrogens is 390 g/mol. The third-order valence-electron chi connectivity index (χ3n) is 3.20. The molecule has 1 heterocycles. The van der Waals surface area contributed by atoms with E-state index >= 15 is 0 Å². The van der Waals surface area contributed by atoms with Gasteiger partial charge in [-0.15, -0.1) is 0 Å². The lowest BCUT2D eigenvalue weighted by atomic mass is 10.1. The van der Waals surface area contributed by atoms with E-state index in [4.69, 9.17) is 9.15 Å². The molecule has 130 valence electrons. The first-order valence-electron chi connectivity index (χ1n) is 7.41. The number of esters is 1. The van der Waals surface area contributed by atoms with Crippen molar-refractivity contribution in [1.29, 1.82) is 0 Å². The van der Waals surface area contributed by atoms with Crippen LogP contribution in [0.25, 0.3) is 6.08 Å². The molecule has 1 unspecified atom stereocenters. The van der Waals surface area contributed by atoms with Crippen LogP contribution in [0, 0.1) is 0 Å². The third-order valence-corrected chi connectivity index (χ3v) is 3.62. The Hall–Kier alpha value is -2.67. The van der Waals surface area contributed by atoms with E-state index in [-0.39, 0.29) is 5.78 Å². The van der Waals surface area contributed by atoms with Crippen LogP contribution in [0.2, 0.25) is 0 Å². The van der Waals surface area contributed by atoms with Gasteiger partial charge in [0.1, 0.15) is 5.76 Å². The van der Waals surface area contributed by atoms with Crippen molar-refractivity contribution in [3.05, 3.63) is 58.5 Å². The maximum absolute atomic E-state index is 12.0. The van der Waals surface area contributed by atoms with E-state index in [0.29, 0.717) is 21.7 Å². The smallest absolute Gasteiger partial charge is 0.331 e. The van der Waals surface area contributed by atoms with E-state index in [1.807, 2.05) is 0 Å². The second-order valence-electron chi connectivity index (χ2n) is 5.18. The largest absolute Gasteiger partial charge is 0.450 e. The average molecular weight is 406 g/mol. The van der Waals surface area contributed by atoms with Crippen LogP contribution in [-0.2, 0) is 14.3 Å². The zero-order valence-electron chi connectivity index (χ0n) is 13.6. The van der Waals surface area contributed by atoms with Gasteiger partial charge in [-0.1, -0.05) is 0 Å². The van der Waals surface area contributed by atoms with Crippen LogP contribution in [0.3, 0.4) is 0 Å². The second-order valence-corrected chi connectivity index (χ2v) is 5.96. The summed E-state index contributed by atoms with van der Waals surface area (Å²) in [5.41, 5.74) is 1.06. The van der Waals surface area contributed by atoms with Crippen molar-refractivity contribution < 1.29 is 23.5 Å². The van der Waals surface area contributed by atoms with E-state index < -0.39 is 18.0 Å². The van der Waals surface area contributed by atoms with Crippen LogP contribution in [-0.4, -0.2) is 23.8 Å². The lowest BCUT2D eigenvalue weighted by molar-refractivity contribution is -0.148. The fourth-order valence-corrected chi connectivity index (χ4v) is 2.19. The number of anilines is 1. The van der Waals surface area contributed by atoms with Crippen molar-refractivity contribution in [3.63, 3.8) is 0 Å². The van der Waals surface area contributed by atoms with E-state index in [1.165, 1.54) is 26.0 Å². The maximum Gasteiger partial charge on any atom is 0.331 e. The number of rotatable bonds is 6. The number of ether oxygens (including phenoxy) is 1. The first-order chi connectivity index (χ1) is 11.8. The number of carbonyl (C=O) groups is 3. The number of amides is 1. The van der Waals surface area contributed by atoms with Crippen LogP contribution >= 0.6 is 15.9 Å². The minimum absolute atomic E-state index is 0.0597. The number of Topliss-reactive ketones (excluding diaryl/α,β-unsaturated/α-hetero) is 1.